The summed E-state index contributed by atoms with van der Waals surface area (Å²) < 4.78 is 28.2. The predicted octanol–water partition coefficient (Wildman–Crippen LogP) is 3.67. The summed E-state index contributed by atoms with van der Waals surface area (Å²) in [5.74, 6) is -0.301. The summed E-state index contributed by atoms with van der Waals surface area (Å²) in [5.41, 5.74) is 3.64. The molecule has 0 N–H and O–H groups in total. The van der Waals surface area contributed by atoms with Crippen molar-refractivity contribution >= 4 is 15.9 Å². The lowest BCUT2D eigenvalue weighted by atomic mass is 9.98. The van der Waals surface area contributed by atoms with E-state index in [9.17, 15) is 13.2 Å². The van der Waals surface area contributed by atoms with Crippen LogP contribution in [-0.2, 0) is 21.4 Å². The fourth-order valence-corrected chi connectivity index (χ4v) is 6.25. The van der Waals surface area contributed by atoms with E-state index in [4.69, 9.17) is 0 Å². The molecular formula is C23H30N2O3S. The highest BCUT2D eigenvalue weighted by Crippen LogP contribution is 2.29. The van der Waals surface area contributed by atoms with Crippen molar-refractivity contribution in [2.45, 2.75) is 45.1 Å². The van der Waals surface area contributed by atoms with Gasteiger partial charge in [-0.3, -0.25) is 4.79 Å². The quantitative estimate of drug-likeness (QED) is 0.750. The van der Waals surface area contributed by atoms with Crippen molar-refractivity contribution in [3.8, 4) is 0 Å². The summed E-state index contributed by atoms with van der Waals surface area (Å²) >= 11 is 0. The third kappa shape index (κ3) is 4.70. The maximum absolute atomic E-state index is 13.4. The van der Waals surface area contributed by atoms with Crippen LogP contribution < -0.4 is 0 Å². The molecule has 29 heavy (non-hydrogen) atoms. The molecule has 0 spiro atoms. The Kier molecular flexibility index (Phi) is 6.44. The average molecular weight is 415 g/mol. The standard InChI is InChI=1S/C23H30N2O3S/c1-17-13-18(2)22(19(3)14-17)29(27,28)25-12-8-11-21(16-25)23(26)24(4)15-20-9-6-5-7-10-20/h5-7,9-10,13-14,21H,8,11-12,15-16H2,1-4H3/t21-/m0/s1. The van der Waals surface area contributed by atoms with E-state index in [1.807, 2.05) is 63.2 Å². The molecule has 1 atom stereocenters. The minimum Gasteiger partial charge on any atom is -0.341 e. The van der Waals surface area contributed by atoms with E-state index >= 15 is 0 Å². The molecule has 1 heterocycles. The summed E-state index contributed by atoms with van der Waals surface area (Å²) in [6.45, 7) is 6.88. The Morgan fingerprint density at radius 1 is 1.10 bits per heavy atom. The Balaban J connectivity index is 1.77. The van der Waals surface area contributed by atoms with E-state index in [0.717, 1.165) is 28.7 Å². The van der Waals surface area contributed by atoms with E-state index in [0.29, 0.717) is 24.4 Å². The number of nitrogens with zero attached hydrogens (tertiary/aromatic N) is 2. The molecule has 0 radical (unpaired) electrons. The van der Waals surface area contributed by atoms with Crippen LogP contribution in [0.15, 0.2) is 47.4 Å². The van der Waals surface area contributed by atoms with Crippen LogP contribution in [0.1, 0.15) is 35.1 Å². The van der Waals surface area contributed by atoms with Crippen molar-refractivity contribution in [2.75, 3.05) is 20.1 Å². The van der Waals surface area contributed by atoms with E-state index in [2.05, 4.69) is 0 Å². The van der Waals surface area contributed by atoms with Gasteiger partial charge >= 0.3 is 0 Å². The second-order valence-electron chi connectivity index (χ2n) is 8.11. The summed E-state index contributed by atoms with van der Waals surface area (Å²) in [5, 5.41) is 0. The molecule has 0 unspecified atom stereocenters. The van der Waals surface area contributed by atoms with Crippen LogP contribution in [0.4, 0.5) is 0 Å². The number of piperidine rings is 1. The molecule has 1 aliphatic heterocycles. The van der Waals surface area contributed by atoms with Crippen molar-refractivity contribution in [1.82, 2.24) is 9.21 Å². The van der Waals surface area contributed by atoms with Crippen molar-refractivity contribution in [3.63, 3.8) is 0 Å². The van der Waals surface area contributed by atoms with E-state index in [1.54, 1.807) is 11.9 Å². The van der Waals surface area contributed by atoms with Gasteiger partial charge in [-0.25, -0.2) is 8.42 Å². The van der Waals surface area contributed by atoms with Gasteiger partial charge in [0.05, 0.1) is 10.8 Å². The van der Waals surface area contributed by atoms with Crippen LogP contribution in [-0.4, -0.2) is 43.7 Å². The van der Waals surface area contributed by atoms with Gasteiger partial charge in [-0.15, -0.1) is 0 Å². The monoisotopic (exact) mass is 414 g/mol. The van der Waals surface area contributed by atoms with Crippen molar-refractivity contribution in [3.05, 3.63) is 64.7 Å². The molecule has 0 aromatic heterocycles. The van der Waals surface area contributed by atoms with Gasteiger partial charge in [0.25, 0.3) is 0 Å². The number of aryl methyl sites for hydroxylation is 3. The molecule has 0 aliphatic carbocycles. The maximum Gasteiger partial charge on any atom is 0.243 e. The van der Waals surface area contributed by atoms with Gasteiger partial charge in [0.15, 0.2) is 0 Å². The van der Waals surface area contributed by atoms with Crippen molar-refractivity contribution < 1.29 is 13.2 Å². The third-order valence-corrected chi connectivity index (χ3v) is 7.75. The number of amides is 1. The van der Waals surface area contributed by atoms with Gasteiger partial charge in [-0.05, 0) is 50.3 Å². The Bertz CT molecular complexity index is 963. The minimum absolute atomic E-state index is 0.00565. The van der Waals surface area contributed by atoms with Gasteiger partial charge in [-0.2, -0.15) is 4.31 Å². The van der Waals surface area contributed by atoms with Crippen LogP contribution in [0.5, 0.6) is 0 Å². The maximum atomic E-state index is 13.4. The second-order valence-corrected chi connectivity index (χ2v) is 9.98. The predicted molar refractivity (Wildman–Crippen MR) is 115 cm³/mol. The number of hydrogen-bond donors (Lipinski definition) is 0. The molecule has 1 aliphatic rings. The SMILES string of the molecule is Cc1cc(C)c(S(=O)(=O)N2CCC[C@H](C(=O)N(C)Cc3ccccc3)C2)c(C)c1. The lowest BCUT2D eigenvalue weighted by Gasteiger charge is -2.34. The fraction of sp³-hybridized carbons (Fsp3) is 0.435. The van der Waals surface area contributed by atoms with Crippen molar-refractivity contribution in [2.24, 2.45) is 5.92 Å². The zero-order chi connectivity index (χ0) is 21.2. The zero-order valence-electron chi connectivity index (χ0n) is 17.7. The van der Waals surface area contributed by atoms with Gasteiger partial charge in [0.2, 0.25) is 15.9 Å². The van der Waals surface area contributed by atoms with Gasteiger partial charge in [0, 0.05) is 26.7 Å². The topological polar surface area (TPSA) is 57.7 Å². The third-order valence-electron chi connectivity index (χ3n) is 5.57. The number of sulfonamides is 1. The van der Waals surface area contributed by atoms with Crippen molar-refractivity contribution in [1.29, 1.82) is 0 Å². The Morgan fingerprint density at radius 3 is 2.34 bits per heavy atom. The lowest BCUT2D eigenvalue weighted by Crippen LogP contribution is -2.45. The Labute approximate surface area is 174 Å². The molecule has 1 amide bonds. The fourth-order valence-electron chi connectivity index (χ4n) is 4.31. The summed E-state index contributed by atoms with van der Waals surface area (Å²) in [7, 11) is -1.84. The molecule has 2 aromatic rings. The zero-order valence-corrected chi connectivity index (χ0v) is 18.5. The normalized spacial score (nSPS) is 17.9. The smallest absolute Gasteiger partial charge is 0.243 e. The number of carbonyl (C=O) groups is 1. The summed E-state index contributed by atoms with van der Waals surface area (Å²) in [6.07, 6.45) is 1.41. The van der Waals surface area contributed by atoms with Crippen LogP contribution >= 0.6 is 0 Å². The molecule has 0 bridgehead atoms. The van der Waals surface area contributed by atoms with Gasteiger partial charge in [0.1, 0.15) is 0 Å². The number of carbonyl (C=O) groups excluding carboxylic acids is 1. The highest BCUT2D eigenvalue weighted by Gasteiger charge is 2.35. The molecule has 5 nitrogen and oxygen atoms in total. The second kappa shape index (κ2) is 8.67. The first-order valence-electron chi connectivity index (χ1n) is 10.1. The first-order chi connectivity index (χ1) is 13.7. The first-order valence-corrected chi connectivity index (χ1v) is 11.5. The number of rotatable bonds is 5. The summed E-state index contributed by atoms with van der Waals surface area (Å²) in [4.78, 5) is 15.1. The number of benzene rings is 2. The lowest BCUT2D eigenvalue weighted by molar-refractivity contribution is -0.135. The molecule has 3 rings (SSSR count). The average Bonchev–Trinajstić information content (AvgIpc) is 2.67. The van der Waals surface area contributed by atoms with Gasteiger partial charge < -0.3 is 4.90 Å². The molecular weight excluding hydrogens is 384 g/mol. The molecule has 1 fully saturated rings. The van der Waals surface area contributed by atoms with Gasteiger partial charge in [-0.1, -0.05) is 48.0 Å². The Morgan fingerprint density at radius 2 is 1.72 bits per heavy atom. The first kappa shape index (κ1) is 21.5. The highest BCUT2D eigenvalue weighted by atomic mass is 32.2. The van der Waals surface area contributed by atoms with E-state index in [1.165, 1.54) is 4.31 Å². The van der Waals surface area contributed by atoms with Crippen LogP contribution in [0, 0.1) is 26.7 Å². The molecule has 0 saturated carbocycles. The van der Waals surface area contributed by atoms with Crippen LogP contribution in [0.25, 0.3) is 0 Å². The highest BCUT2D eigenvalue weighted by molar-refractivity contribution is 7.89. The molecule has 2 aromatic carbocycles. The molecule has 1 saturated heterocycles. The van der Waals surface area contributed by atoms with E-state index in [-0.39, 0.29) is 18.4 Å². The molecule has 6 heteroatoms. The molecule has 156 valence electrons. The summed E-state index contributed by atoms with van der Waals surface area (Å²) in [6, 6.07) is 13.6. The van der Waals surface area contributed by atoms with Crippen LogP contribution in [0.3, 0.4) is 0 Å². The number of hydrogen-bond acceptors (Lipinski definition) is 3. The van der Waals surface area contributed by atoms with E-state index < -0.39 is 10.0 Å². The minimum atomic E-state index is -3.63. The largest absolute Gasteiger partial charge is 0.341 e. The van der Waals surface area contributed by atoms with Crippen LogP contribution in [0.2, 0.25) is 0 Å². The Hall–Kier alpha value is -2.18.